The number of aryl methyl sites for hydroxylation is 1. The molecule has 2 rings (SSSR count). The first-order valence-electron chi connectivity index (χ1n) is 6.65. The fourth-order valence-corrected chi connectivity index (χ4v) is 2.09. The van der Waals surface area contributed by atoms with Gasteiger partial charge in [0.05, 0.1) is 5.69 Å². The van der Waals surface area contributed by atoms with Crippen LogP contribution in [0.2, 0.25) is 0 Å². The fourth-order valence-electron chi connectivity index (χ4n) is 2.09. The molecule has 4 heteroatoms. The highest BCUT2D eigenvalue weighted by atomic mass is 35.5. The molecule has 2 N–H and O–H groups in total. The Morgan fingerprint density at radius 1 is 1.16 bits per heavy atom. The van der Waals surface area contributed by atoms with Crippen LogP contribution in [-0.4, -0.2) is 9.55 Å². The zero-order valence-corrected chi connectivity index (χ0v) is 12.2. The van der Waals surface area contributed by atoms with Crippen LogP contribution in [0.3, 0.4) is 0 Å². The van der Waals surface area contributed by atoms with Gasteiger partial charge >= 0.3 is 0 Å². The number of imidazole rings is 1. The maximum atomic E-state index is 5.93. The lowest BCUT2D eigenvalue weighted by molar-refractivity contribution is 0.607. The number of nitrogen functional groups attached to an aromatic ring is 1. The highest BCUT2D eigenvalue weighted by molar-refractivity contribution is 5.85. The first-order valence-corrected chi connectivity index (χ1v) is 6.65. The summed E-state index contributed by atoms with van der Waals surface area (Å²) in [4.78, 5) is 4.43. The summed E-state index contributed by atoms with van der Waals surface area (Å²) in [5.74, 6) is 0.636. The summed E-state index contributed by atoms with van der Waals surface area (Å²) in [7, 11) is 0. The van der Waals surface area contributed by atoms with E-state index in [4.69, 9.17) is 5.73 Å². The van der Waals surface area contributed by atoms with Gasteiger partial charge in [0.15, 0.2) is 5.95 Å². The van der Waals surface area contributed by atoms with Crippen LogP contribution >= 0.6 is 12.4 Å². The quantitative estimate of drug-likeness (QED) is 0.820. The molecule has 0 saturated heterocycles. The molecule has 3 nitrogen and oxygen atoms in total. The summed E-state index contributed by atoms with van der Waals surface area (Å²) in [6, 6.07) is 10.4. The fraction of sp³-hybridized carbons (Fsp3) is 0.400. The average molecular weight is 280 g/mol. The predicted octanol–water partition coefficient (Wildman–Crippen LogP) is 3.67. The van der Waals surface area contributed by atoms with Crippen LogP contribution in [-0.2, 0) is 13.0 Å². The smallest absolute Gasteiger partial charge is 0.200 e. The van der Waals surface area contributed by atoms with E-state index in [0.29, 0.717) is 5.95 Å². The molecule has 0 fully saturated rings. The molecule has 0 saturated carbocycles. The molecular weight excluding hydrogens is 258 g/mol. The van der Waals surface area contributed by atoms with Crippen LogP contribution in [0.25, 0.3) is 0 Å². The Bertz CT molecular complexity index is 479. The van der Waals surface area contributed by atoms with Crippen molar-refractivity contribution in [1.29, 1.82) is 0 Å². The highest BCUT2D eigenvalue weighted by Crippen LogP contribution is 2.12. The molecule has 1 aromatic carbocycles. The molecule has 0 unspecified atom stereocenters. The Balaban J connectivity index is 0.00000180. The van der Waals surface area contributed by atoms with Gasteiger partial charge in [-0.1, -0.05) is 50.1 Å². The van der Waals surface area contributed by atoms with Crippen LogP contribution in [0, 0.1) is 0 Å². The van der Waals surface area contributed by atoms with E-state index in [1.165, 1.54) is 24.8 Å². The van der Waals surface area contributed by atoms with Gasteiger partial charge in [0, 0.05) is 19.2 Å². The van der Waals surface area contributed by atoms with Crippen molar-refractivity contribution < 1.29 is 0 Å². The summed E-state index contributed by atoms with van der Waals surface area (Å²) in [6.45, 7) is 3.18. The molecule has 1 aromatic heterocycles. The van der Waals surface area contributed by atoms with E-state index in [1.54, 1.807) is 0 Å². The number of nitrogens with two attached hydrogens (primary N) is 1. The summed E-state index contributed by atoms with van der Waals surface area (Å²) in [6.07, 6.45) is 6.57. The molecule has 0 aliphatic carbocycles. The first kappa shape index (κ1) is 15.6. The van der Waals surface area contributed by atoms with Crippen LogP contribution in [0.15, 0.2) is 36.5 Å². The SMILES string of the molecule is CCCCCn1cc(Cc2ccccc2)nc1N.Cl. The lowest BCUT2D eigenvalue weighted by atomic mass is 10.1. The molecule has 0 spiro atoms. The van der Waals surface area contributed by atoms with Gasteiger partial charge in [0.25, 0.3) is 0 Å². The summed E-state index contributed by atoms with van der Waals surface area (Å²) in [5, 5.41) is 0. The second kappa shape index (κ2) is 7.85. The van der Waals surface area contributed by atoms with Crippen molar-refractivity contribution in [2.75, 3.05) is 5.73 Å². The van der Waals surface area contributed by atoms with E-state index in [9.17, 15) is 0 Å². The van der Waals surface area contributed by atoms with E-state index < -0.39 is 0 Å². The highest BCUT2D eigenvalue weighted by Gasteiger charge is 2.05. The number of nitrogens with zero attached hydrogens (tertiary/aromatic N) is 2. The third-order valence-corrected chi connectivity index (χ3v) is 3.09. The minimum absolute atomic E-state index is 0. The molecule has 19 heavy (non-hydrogen) atoms. The molecule has 0 aliphatic rings. The Kier molecular flexibility index (Phi) is 6.43. The molecule has 0 bridgehead atoms. The third-order valence-electron chi connectivity index (χ3n) is 3.09. The minimum atomic E-state index is 0. The van der Waals surface area contributed by atoms with E-state index in [-0.39, 0.29) is 12.4 Å². The lowest BCUT2D eigenvalue weighted by Gasteiger charge is -2.02. The van der Waals surface area contributed by atoms with Crippen LogP contribution in [0.4, 0.5) is 5.95 Å². The summed E-state index contributed by atoms with van der Waals surface area (Å²) >= 11 is 0. The Labute approximate surface area is 121 Å². The van der Waals surface area contributed by atoms with E-state index in [2.05, 4.69) is 46.9 Å². The van der Waals surface area contributed by atoms with Crippen LogP contribution in [0.5, 0.6) is 0 Å². The maximum Gasteiger partial charge on any atom is 0.200 e. The number of hydrogen-bond donors (Lipinski definition) is 1. The van der Waals surface area contributed by atoms with Crippen LogP contribution < -0.4 is 5.73 Å². The van der Waals surface area contributed by atoms with Gasteiger partial charge in [-0.05, 0) is 12.0 Å². The topological polar surface area (TPSA) is 43.8 Å². The van der Waals surface area contributed by atoms with Gasteiger partial charge in [-0.2, -0.15) is 0 Å². The second-order valence-electron chi connectivity index (χ2n) is 4.65. The average Bonchev–Trinajstić information content (AvgIpc) is 2.71. The Morgan fingerprint density at radius 3 is 2.58 bits per heavy atom. The number of halogens is 1. The van der Waals surface area contributed by atoms with Crippen molar-refractivity contribution >= 4 is 18.4 Å². The largest absolute Gasteiger partial charge is 0.369 e. The van der Waals surface area contributed by atoms with Gasteiger partial charge in [-0.15, -0.1) is 12.4 Å². The van der Waals surface area contributed by atoms with E-state index in [1.807, 2.05) is 6.07 Å². The molecule has 0 aliphatic heterocycles. The summed E-state index contributed by atoms with van der Waals surface area (Å²) in [5.41, 5.74) is 8.25. The van der Waals surface area contributed by atoms with Gasteiger partial charge < -0.3 is 10.3 Å². The van der Waals surface area contributed by atoms with Gasteiger partial charge in [-0.3, -0.25) is 0 Å². The van der Waals surface area contributed by atoms with Crippen molar-refractivity contribution in [3.63, 3.8) is 0 Å². The number of anilines is 1. The van der Waals surface area contributed by atoms with Crippen LogP contribution in [0.1, 0.15) is 37.4 Å². The maximum absolute atomic E-state index is 5.93. The van der Waals surface area contributed by atoms with Gasteiger partial charge in [0.1, 0.15) is 0 Å². The molecular formula is C15H22ClN3. The summed E-state index contributed by atoms with van der Waals surface area (Å²) < 4.78 is 2.06. The molecule has 0 radical (unpaired) electrons. The van der Waals surface area contributed by atoms with Crippen molar-refractivity contribution in [2.24, 2.45) is 0 Å². The molecule has 1 heterocycles. The molecule has 104 valence electrons. The van der Waals surface area contributed by atoms with Crippen molar-refractivity contribution in [3.8, 4) is 0 Å². The number of unbranched alkanes of at least 4 members (excludes halogenated alkanes) is 2. The Hall–Kier alpha value is -1.48. The van der Waals surface area contributed by atoms with Crippen molar-refractivity contribution in [2.45, 2.75) is 39.2 Å². The van der Waals surface area contributed by atoms with E-state index >= 15 is 0 Å². The third kappa shape index (κ3) is 4.60. The number of rotatable bonds is 6. The predicted molar refractivity (Wildman–Crippen MR) is 82.7 cm³/mol. The monoisotopic (exact) mass is 279 g/mol. The second-order valence-corrected chi connectivity index (χ2v) is 4.65. The molecule has 0 atom stereocenters. The zero-order valence-electron chi connectivity index (χ0n) is 11.4. The number of hydrogen-bond acceptors (Lipinski definition) is 2. The van der Waals surface area contributed by atoms with E-state index in [0.717, 1.165) is 18.7 Å². The molecule has 0 amide bonds. The lowest BCUT2D eigenvalue weighted by Crippen LogP contribution is -2.02. The van der Waals surface area contributed by atoms with Gasteiger partial charge in [-0.25, -0.2) is 4.98 Å². The van der Waals surface area contributed by atoms with Crippen molar-refractivity contribution in [1.82, 2.24) is 9.55 Å². The normalized spacial score (nSPS) is 10.2. The van der Waals surface area contributed by atoms with Crippen molar-refractivity contribution in [3.05, 3.63) is 47.8 Å². The zero-order chi connectivity index (χ0) is 12.8. The standard InChI is InChI=1S/C15H21N3.ClH/c1-2-3-7-10-18-12-14(17-15(18)16)11-13-8-5-4-6-9-13;/h4-6,8-9,12H,2-3,7,10-11H2,1H3,(H2,16,17);1H. The number of aromatic nitrogens is 2. The minimum Gasteiger partial charge on any atom is -0.369 e. The number of benzene rings is 1. The molecule has 2 aromatic rings. The van der Waals surface area contributed by atoms with Gasteiger partial charge in [0.2, 0.25) is 0 Å². The Morgan fingerprint density at radius 2 is 1.89 bits per heavy atom. The first-order chi connectivity index (χ1) is 8.79.